The monoisotopic (exact) mass is 487 g/mol. The molecule has 1 aliphatic heterocycles. The number of benzene rings is 2. The first-order valence-electron chi connectivity index (χ1n) is 9.12. The quantitative estimate of drug-likeness (QED) is 0.296. The Morgan fingerprint density at radius 2 is 1.80 bits per heavy atom. The summed E-state index contributed by atoms with van der Waals surface area (Å²) >= 11 is 23.9. The van der Waals surface area contributed by atoms with Crippen molar-refractivity contribution in [1.82, 2.24) is 0 Å². The van der Waals surface area contributed by atoms with Gasteiger partial charge in [0, 0.05) is 35.9 Å². The topological polar surface area (TPSA) is 63.7 Å². The average molecular weight is 489 g/mol. The summed E-state index contributed by atoms with van der Waals surface area (Å²) in [5.41, 5.74) is 0.788. The zero-order valence-electron chi connectivity index (χ0n) is 15.6. The fourth-order valence-corrected chi connectivity index (χ4v) is 3.90. The summed E-state index contributed by atoms with van der Waals surface area (Å²) in [6.07, 6.45) is -0.945. The van der Waals surface area contributed by atoms with E-state index < -0.39 is 18.0 Å². The van der Waals surface area contributed by atoms with E-state index in [1.807, 2.05) is 0 Å². The Hall–Kier alpha value is -1.79. The minimum absolute atomic E-state index is 0.0512. The zero-order chi connectivity index (χ0) is 21.8. The second kappa shape index (κ2) is 10.0. The van der Waals surface area contributed by atoms with Gasteiger partial charge < -0.3 is 9.64 Å². The molecule has 0 N–H and O–H groups in total. The van der Waals surface area contributed by atoms with Crippen molar-refractivity contribution in [3.63, 3.8) is 0 Å². The van der Waals surface area contributed by atoms with E-state index in [4.69, 9.17) is 51.1 Å². The highest BCUT2D eigenvalue weighted by Gasteiger charge is 2.38. The molecule has 0 aliphatic carbocycles. The molecule has 2 atom stereocenters. The molecule has 0 bridgehead atoms. The summed E-state index contributed by atoms with van der Waals surface area (Å²) in [5.74, 6) is -1.89. The maximum Gasteiger partial charge on any atom is 0.312 e. The van der Waals surface area contributed by atoms with Crippen LogP contribution >= 0.6 is 46.4 Å². The first kappa shape index (κ1) is 22.9. The third kappa shape index (κ3) is 5.09. The van der Waals surface area contributed by atoms with Crippen molar-refractivity contribution in [3.8, 4) is 0 Å². The first-order chi connectivity index (χ1) is 14.3. The van der Waals surface area contributed by atoms with E-state index in [0.29, 0.717) is 21.3 Å². The van der Waals surface area contributed by atoms with Gasteiger partial charge in [0.05, 0.1) is 21.7 Å². The molecule has 2 aromatic rings. The number of Topliss-reactive ketones (excluding diaryl/α,β-unsaturated/α-hetero) is 1. The van der Waals surface area contributed by atoms with E-state index in [0.717, 1.165) is 0 Å². The van der Waals surface area contributed by atoms with Crippen LogP contribution in [-0.2, 0) is 14.3 Å². The molecule has 3 rings (SSSR count). The van der Waals surface area contributed by atoms with E-state index in [2.05, 4.69) is 0 Å². The number of ketones is 1. The molecule has 0 radical (unpaired) electrons. The normalized spacial score (nSPS) is 17.1. The third-order valence-electron chi connectivity index (χ3n) is 4.73. The predicted molar refractivity (Wildman–Crippen MR) is 118 cm³/mol. The highest BCUT2D eigenvalue weighted by molar-refractivity contribution is 6.44. The van der Waals surface area contributed by atoms with Gasteiger partial charge in [-0.15, -0.1) is 11.6 Å². The largest absolute Gasteiger partial charge is 0.454 e. The van der Waals surface area contributed by atoms with Crippen LogP contribution < -0.4 is 4.90 Å². The third-order valence-corrected chi connectivity index (χ3v) is 6.01. The van der Waals surface area contributed by atoms with Crippen LogP contribution in [0.4, 0.5) is 5.69 Å². The second-order valence-electron chi connectivity index (χ2n) is 6.75. The van der Waals surface area contributed by atoms with Gasteiger partial charge in [0.15, 0.2) is 6.10 Å². The maximum atomic E-state index is 12.7. The van der Waals surface area contributed by atoms with Crippen LogP contribution in [-0.4, -0.2) is 36.2 Å². The van der Waals surface area contributed by atoms with Crippen molar-refractivity contribution in [3.05, 3.63) is 63.1 Å². The lowest BCUT2D eigenvalue weighted by atomic mass is 10.0. The van der Waals surface area contributed by atoms with Gasteiger partial charge in [-0.3, -0.25) is 14.4 Å². The average Bonchev–Trinajstić information content (AvgIpc) is 3.11. The molecule has 1 fully saturated rings. The molecule has 1 amide bonds. The summed E-state index contributed by atoms with van der Waals surface area (Å²) < 4.78 is 5.46. The van der Waals surface area contributed by atoms with Gasteiger partial charge in [0.25, 0.3) is 0 Å². The highest BCUT2D eigenvalue weighted by Crippen LogP contribution is 2.36. The lowest BCUT2D eigenvalue weighted by Gasteiger charge is -2.20. The van der Waals surface area contributed by atoms with Crippen LogP contribution in [0.5, 0.6) is 0 Å². The van der Waals surface area contributed by atoms with E-state index in [9.17, 15) is 14.4 Å². The molecule has 1 heterocycles. The molecule has 5 nitrogen and oxygen atoms in total. The summed E-state index contributed by atoms with van der Waals surface area (Å²) in [6, 6.07) is 11.2. The van der Waals surface area contributed by atoms with Gasteiger partial charge in [-0.1, -0.05) is 40.9 Å². The van der Waals surface area contributed by atoms with Gasteiger partial charge >= 0.3 is 5.97 Å². The van der Waals surface area contributed by atoms with Gasteiger partial charge in [-0.2, -0.15) is 0 Å². The Bertz CT molecular complexity index is 964. The number of halogens is 4. The Morgan fingerprint density at radius 1 is 1.10 bits per heavy atom. The number of anilines is 1. The van der Waals surface area contributed by atoms with Crippen molar-refractivity contribution in [2.24, 2.45) is 5.92 Å². The molecule has 0 spiro atoms. The molecule has 9 heteroatoms. The number of ether oxygens (including phenoxy) is 1. The number of amides is 1. The fraction of sp³-hybridized carbons (Fsp3) is 0.286. The molecule has 158 valence electrons. The summed E-state index contributed by atoms with van der Waals surface area (Å²) in [5, 5.41) is 1.03. The van der Waals surface area contributed by atoms with Crippen molar-refractivity contribution >= 4 is 69.8 Å². The zero-order valence-corrected chi connectivity index (χ0v) is 18.6. The van der Waals surface area contributed by atoms with Gasteiger partial charge in [-0.25, -0.2) is 0 Å². The SMILES string of the molecule is O=C(O[C@H](CCCl)C(=O)c1ccc(Cl)cc1)[C@H]1CC(=O)N(c2cccc(Cl)c2Cl)C1. The second-order valence-corrected chi connectivity index (χ2v) is 8.35. The smallest absolute Gasteiger partial charge is 0.312 e. The highest BCUT2D eigenvalue weighted by atomic mass is 35.5. The molecule has 0 saturated carbocycles. The lowest BCUT2D eigenvalue weighted by Crippen LogP contribution is -2.32. The number of esters is 1. The van der Waals surface area contributed by atoms with Gasteiger partial charge in [-0.05, 0) is 36.4 Å². The van der Waals surface area contributed by atoms with Crippen LogP contribution in [0.2, 0.25) is 15.1 Å². The van der Waals surface area contributed by atoms with Crippen LogP contribution in [0.3, 0.4) is 0 Å². The number of hydrogen-bond donors (Lipinski definition) is 0. The van der Waals surface area contributed by atoms with Crippen LogP contribution in [0.25, 0.3) is 0 Å². The summed E-state index contributed by atoms with van der Waals surface area (Å²) in [4.78, 5) is 39.3. The summed E-state index contributed by atoms with van der Waals surface area (Å²) in [7, 11) is 0. The van der Waals surface area contributed by atoms with Crippen molar-refractivity contribution in [1.29, 1.82) is 0 Å². The van der Waals surface area contributed by atoms with Gasteiger partial charge in [0.2, 0.25) is 11.7 Å². The Balaban J connectivity index is 1.72. The van der Waals surface area contributed by atoms with E-state index in [-0.39, 0.29) is 42.0 Å². The predicted octanol–water partition coefficient (Wildman–Crippen LogP) is 5.42. The minimum Gasteiger partial charge on any atom is -0.454 e. The molecule has 30 heavy (non-hydrogen) atoms. The Kier molecular flexibility index (Phi) is 7.64. The number of carbonyl (C=O) groups excluding carboxylic acids is 3. The number of nitrogens with zero attached hydrogens (tertiary/aromatic N) is 1. The molecule has 1 aliphatic rings. The number of rotatable bonds is 7. The van der Waals surface area contributed by atoms with Crippen molar-refractivity contribution in [2.75, 3.05) is 17.3 Å². The Morgan fingerprint density at radius 3 is 2.47 bits per heavy atom. The number of hydrogen-bond acceptors (Lipinski definition) is 4. The van der Waals surface area contributed by atoms with Crippen LogP contribution in [0, 0.1) is 5.92 Å². The molecular weight excluding hydrogens is 472 g/mol. The van der Waals surface area contributed by atoms with Crippen molar-refractivity contribution < 1.29 is 19.1 Å². The van der Waals surface area contributed by atoms with Crippen LogP contribution in [0.1, 0.15) is 23.2 Å². The molecule has 0 aromatic heterocycles. The van der Waals surface area contributed by atoms with Crippen LogP contribution in [0.15, 0.2) is 42.5 Å². The number of alkyl halides is 1. The summed E-state index contributed by atoms with van der Waals surface area (Å²) in [6.45, 7) is 0.0838. The van der Waals surface area contributed by atoms with Gasteiger partial charge in [0.1, 0.15) is 0 Å². The molecular formula is C21H17Cl4NO4. The minimum atomic E-state index is -1.05. The van der Waals surface area contributed by atoms with E-state index in [1.54, 1.807) is 42.5 Å². The van der Waals surface area contributed by atoms with E-state index >= 15 is 0 Å². The Labute approximate surface area is 193 Å². The first-order valence-corrected chi connectivity index (χ1v) is 10.8. The standard InChI is InChI=1S/C21H17Cl4NO4/c22-9-8-17(20(28)12-4-6-14(23)7-5-12)30-21(29)13-10-18(27)26(11-13)16-3-1-2-15(24)19(16)25/h1-7,13,17H,8-11H2/t13-,17+/m0/s1. The molecule has 2 aromatic carbocycles. The van der Waals surface area contributed by atoms with Crippen molar-refractivity contribution in [2.45, 2.75) is 18.9 Å². The van der Waals surface area contributed by atoms with E-state index in [1.165, 1.54) is 4.90 Å². The lowest BCUT2D eigenvalue weighted by molar-refractivity contribution is -0.151. The number of carbonyl (C=O) groups is 3. The maximum absolute atomic E-state index is 12.7. The fourth-order valence-electron chi connectivity index (χ4n) is 3.18. The molecule has 1 saturated heterocycles. The molecule has 0 unspecified atom stereocenters.